The van der Waals surface area contributed by atoms with E-state index < -0.39 is 7.92 Å². The highest BCUT2D eigenvalue weighted by molar-refractivity contribution is 7.74. The highest BCUT2D eigenvalue weighted by Crippen LogP contribution is 2.58. The van der Waals surface area contributed by atoms with E-state index in [0.29, 0.717) is 0 Å². The Morgan fingerprint density at radius 2 is 1.48 bits per heavy atom. The molecule has 0 radical (unpaired) electrons. The van der Waals surface area contributed by atoms with Crippen molar-refractivity contribution in [1.82, 2.24) is 0 Å². The summed E-state index contributed by atoms with van der Waals surface area (Å²) >= 11 is 0. The molecule has 2 aromatic rings. The molecule has 1 saturated carbocycles. The number of allylic oxidation sites excluding steroid dienone is 2. The van der Waals surface area contributed by atoms with E-state index in [1.165, 1.54) is 23.5 Å². The lowest BCUT2D eigenvalue weighted by Gasteiger charge is -2.35. The molecular weight excluding hydrogens is 271 g/mol. The molecule has 21 heavy (non-hydrogen) atoms. The lowest BCUT2D eigenvalue weighted by atomic mass is 10.0. The second-order valence-electron chi connectivity index (χ2n) is 5.79. The quantitative estimate of drug-likeness (QED) is 0.592. The molecule has 0 amide bonds. The van der Waals surface area contributed by atoms with Crippen molar-refractivity contribution in [3.05, 3.63) is 72.3 Å². The molecule has 0 aromatic heterocycles. The Bertz CT molecular complexity index is 694. The average molecular weight is 288 g/mol. The summed E-state index contributed by atoms with van der Waals surface area (Å²) in [6, 6.07) is 22.0. The zero-order chi connectivity index (χ0) is 14.1. The normalized spacial score (nSPS) is 22.6. The van der Waals surface area contributed by atoms with Crippen molar-refractivity contribution < 1.29 is 0 Å². The Balaban J connectivity index is 1.87. The second-order valence-corrected chi connectivity index (χ2v) is 8.35. The van der Waals surface area contributed by atoms with Gasteiger partial charge >= 0.3 is 0 Å². The first kappa shape index (κ1) is 12.9. The van der Waals surface area contributed by atoms with Crippen LogP contribution in [0.2, 0.25) is 0 Å². The van der Waals surface area contributed by atoms with Crippen LogP contribution in [0.3, 0.4) is 0 Å². The molecule has 0 aliphatic heterocycles. The molecule has 1 heteroatoms. The SMILES string of the molecule is C1#CC2(P(c3ccccc3)c3ccccc3)CCC(=C1)C2. The third-order valence-electron chi connectivity index (χ3n) is 4.42. The zero-order valence-electron chi connectivity index (χ0n) is 11.9. The molecule has 2 aromatic carbocycles. The number of fused-ring (bicyclic) bond motifs is 2. The minimum atomic E-state index is -0.426. The van der Waals surface area contributed by atoms with Crippen molar-refractivity contribution >= 4 is 18.5 Å². The van der Waals surface area contributed by atoms with E-state index in [9.17, 15) is 0 Å². The fraction of sp³-hybridized carbons (Fsp3) is 0.200. The van der Waals surface area contributed by atoms with Crippen molar-refractivity contribution in [2.24, 2.45) is 0 Å². The largest absolute Gasteiger partial charge is 0.0860 e. The summed E-state index contributed by atoms with van der Waals surface area (Å²) in [4.78, 5) is 0. The van der Waals surface area contributed by atoms with Gasteiger partial charge in [0.2, 0.25) is 0 Å². The Kier molecular flexibility index (Phi) is 3.17. The van der Waals surface area contributed by atoms with Gasteiger partial charge in [-0.2, -0.15) is 0 Å². The van der Waals surface area contributed by atoms with Gasteiger partial charge in [0.15, 0.2) is 0 Å². The smallest absolute Gasteiger partial charge is 0.0636 e. The molecule has 1 atom stereocenters. The summed E-state index contributed by atoms with van der Waals surface area (Å²) in [5.41, 5.74) is 1.55. The van der Waals surface area contributed by atoms with Gasteiger partial charge in [-0.3, -0.25) is 0 Å². The van der Waals surface area contributed by atoms with Crippen LogP contribution >= 0.6 is 7.92 Å². The maximum atomic E-state index is 3.62. The van der Waals surface area contributed by atoms with Crippen molar-refractivity contribution in [3.8, 4) is 11.8 Å². The van der Waals surface area contributed by atoms with Gasteiger partial charge in [0.1, 0.15) is 0 Å². The minimum absolute atomic E-state index is 0.155. The number of benzene rings is 2. The summed E-state index contributed by atoms with van der Waals surface area (Å²) in [7, 11) is -0.426. The third kappa shape index (κ3) is 2.23. The monoisotopic (exact) mass is 288 g/mol. The Morgan fingerprint density at radius 1 is 0.857 bits per heavy atom. The van der Waals surface area contributed by atoms with Crippen LogP contribution in [0.25, 0.3) is 0 Å². The van der Waals surface area contributed by atoms with Crippen LogP contribution in [-0.4, -0.2) is 5.16 Å². The molecule has 0 heterocycles. The highest BCUT2D eigenvalue weighted by Gasteiger charge is 2.44. The van der Waals surface area contributed by atoms with Crippen molar-refractivity contribution in [2.75, 3.05) is 0 Å². The summed E-state index contributed by atoms with van der Waals surface area (Å²) < 4.78 is 0. The lowest BCUT2D eigenvalue weighted by molar-refractivity contribution is 0.768. The van der Waals surface area contributed by atoms with Gasteiger partial charge in [-0.1, -0.05) is 78.1 Å². The Hall–Kier alpha value is -1.83. The van der Waals surface area contributed by atoms with Gasteiger partial charge in [0.05, 0.1) is 5.16 Å². The van der Waals surface area contributed by atoms with E-state index in [1.54, 1.807) is 5.57 Å². The van der Waals surface area contributed by atoms with Crippen molar-refractivity contribution in [3.63, 3.8) is 0 Å². The molecule has 102 valence electrons. The summed E-state index contributed by atoms with van der Waals surface area (Å²) in [5.74, 6) is 6.94. The van der Waals surface area contributed by atoms with Crippen LogP contribution in [0.1, 0.15) is 19.3 Å². The fourth-order valence-corrected chi connectivity index (χ4v) is 6.57. The lowest BCUT2D eigenvalue weighted by Crippen LogP contribution is -2.31. The number of rotatable bonds is 3. The van der Waals surface area contributed by atoms with E-state index in [1.807, 2.05) is 0 Å². The molecule has 0 N–H and O–H groups in total. The van der Waals surface area contributed by atoms with Crippen LogP contribution in [0.4, 0.5) is 0 Å². The Labute approximate surface area is 127 Å². The maximum Gasteiger partial charge on any atom is 0.0636 e. The van der Waals surface area contributed by atoms with Gasteiger partial charge in [-0.15, -0.1) is 0 Å². The van der Waals surface area contributed by atoms with Crippen molar-refractivity contribution in [1.29, 1.82) is 0 Å². The predicted octanol–water partition coefficient (Wildman–Crippen LogP) is 3.99. The standard InChI is InChI=1S/C20H17P/c1-3-9-18(10-4-1)21(19-11-5-2-6-12-19)20-14-7-8-17(16-20)13-15-20/h1-6,8-12H,13,15-16H2. The molecule has 2 bridgehead atoms. The van der Waals surface area contributed by atoms with Gasteiger partial charge < -0.3 is 0 Å². The van der Waals surface area contributed by atoms with Crippen LogP contribution in [0.5, 0.6) is 0 Å². The molecule has 1 unspecified atom stereocenters. The molecular formula is C20H17P. The first-order valence-electron chi connectivity index (χ1n) is 7.48. The molecule has 0 saturated heterocycles. The van der Waals surface area contributed by atoms with E-state index >= 15 is 0 Å². The zero-order valence-corrected chi connectivity index (χ0v) is 12.8. The van der Waals surface area contributed by atoms with Crippen LogP contribution in [-0.2, 0) is 0 Å². The van der Waals surface area contributed by atoms with Gasteiger partial charge in [0.25, 0.3) is 0 Å². The van der Waals surface area contributed by atoms with Gasteiger partial charge in [-0.25, -0.2) is 0 Å². The van der Waals surface area contributed by atoms with Crippen LogP contribution < -0.4 is 10.6 Å². The summed E-state index contributed by atoms with van der Waals surface area (Å²) in [6.07, 6.45) is 5.73. The highest BCUT2D eigenvalue weighted by atomic mass is 31.1. The second kappa shape index (κ2) is 5.18. The van der Waals surface area contributed by atoms with E-state index in [-0.39, 0.29) is 5.16 Å². The van der Waals surface area contributed by atoms with Gasteiger partial charge in [0, 0.05) is 0 Å². The first-order valence-corrected chi connectivity index (χ1v) is 8.83. The molecule has 0 nitrogen and oxygen atoms in total. The number of hydrogen-bond donors (Lipinski definition) is 0. The maximum absolute atomic E-state index is 3.62. The molecule has 2 aliphatic rings. The third-order valence-corrected chi connectivity index (χ3v) is 7.40. The molecule has 4 rings (SSSR count). The molecule has 1 fully saturated rings. The van der Waals surface area contributed by atoms with Crippen LogP contribution in [0, 0.1) is 11.8 Å². The number of hydrogen-bond acceptors (Lipinski definition) is 0. The average Bonchev–Trinajstić information content (AvgIpc) is 2.84. The topological polar surface area (TPSA) is 0 Å². The van der Waals surface area contributed by atoms with E-state index in [4.69, 9.17) is 0 Å². The molecule has 0 spiro atoms. The minimum Gasteiger partial charge on any atom is -0.0860 e. The van der Waals surface area contributed by atoms with Crippen molar-refractivity contribution in [2.45, 2.75) is 24.4 Å². The van der Waals surface area contributed by atoms with Gasteiger partial charge in [-0.05, 0) is 43.9 Å². The van der Waals surface area contributed by atoms with E-state index in [2.05, 4.69) is 78.6 Å². The predicted molar refractivity (Wildman–Crippen MR) is 91.5 cm³/mol. The Morgan fingerprint density at radius 3 is 2.10 bits per heavy atom. The van der Waals surface area contributed by atoms with E-state index in [0.717, 1.165) is 6.42 Å². The summed E-state index contributed by atoms with van der Waals surface area (Å²) in [6.45, 7) is 0. The molecule has 2 aliphatic carbocycles. The summed E-state index contributed by atoms with van der Waals surface area (Å²) in [5, 5.41) is 3.06. The first-order chi connectivity index (χ1) is 10.4. The fourth-order valence-electron chi connectivity index (χ4n) is 3.47. The van der Waals surface area contributed by atoms with Crippen LogP contribution in [0.15, 0.2) is 72.3 Å².